The van der Waals surface area contributed by atoms with Crippen LogP contribution in [0.4, 0.5) is 0 Å². The van der Waals surface area contributed by atoms with Gasteiger partial charge in [0, 0.05) is 18.6 Å². The fourth-order valence-corrected chi connectivity index (χ4v) is 4.12. The second-order valence-corrected chi connectivity index (χ2v) is 10.9. The molecule has 194 valence electrons. The summed E-state index contributed by atoms with van der Waals surface area (Å²) >= 11 is 5.82. The number of phosphoric ester groups is 1. The van der Waals surface area contributed by atoms with Gasteiger partial charge in [-0.1, -0.05) is 24.4 Å². The van der Waals surface area contributed by atoms with Crippen LogP contribution in [0.25, 0.3) is 0 Å². The number of halogens is 1. The smallest absolute Gasteiger partial charge is 0.472 e. The van der Waals surface area contributed by atoms with Crippen LogP contribution in [0.5, 0.6) is 5.75 Å². The van der Waals surface area contributed by atoms with Crippen molar-refractivity contribution in [2.45, 2.75) is 38.2 Å². The van der Waals surface area contributed by atoms with E-state index in [0.717, 1.165) is 19.3 Å². The first-order valence-corrected chi connectivity index (χ1v) is 12.9. The maximum absolute atomic E-state index is 12.2. The van der Waals surface area contributed by atoms with Crippen LogP contribution in [0.2, 0.25) is 5.02 Å². The molecule has 0 aliphatic carbocycles. The van der Waals surface area contributed by atoms with Gasteiger partial charge in [-0.2, -0.15) is 0 Å². The molecule has 2 N–H and O–H groups in total. The monoisotopic (exact) mass is 523 g/mol. The van der Waals surface area contributed by atoms with Crippen LogP contribution in [-0.4, -0.2) is 91.9 Å². The number of hydrogen-bond donors (Lipinski definition) is 2. The highest BCUT2D eigenvalue weighted by molar-refractivity contribution is 7.47. The Morgan fingerprint density at radius 1 is 1.12 bits per heavy atom. The molecule has 2 atom stereocenters. The first-order valence-electron chi connectivity index (χ1n) is 11.1. The Labute approximate surface area is 206 Å². The van der Waals surface area contributed by atoms with Crippen molar-refractivity contribution in [1.29, 1.82) is 0 Å². The number of carbonyl (C=O) groups excluding carboxylic acids is 1. The summed E-state index contributed by atoms with van der Waals surface area (Å²) in [4.78, 5) is 34.7. The molecule has 0 bridgehead atoms. The molecule has 0 saturated carbocycles. The molecule has 1 aromatic carbocycles. The quantitative estimate of drug-likeness (QED) is 0.181. The third kappa shape index (κ3) is 14.6. The van der Waals surface area contributed by atoms with Crippen molar-refractivity contribution in [3.8, 4) is 5.75 Å². The van der Waals surface area contributed by atoms with Gasteiger partial charge in [0.25, 0.3) is 5.91 Å². The SMILES string of the molecule is CN(CCCCCCOP(=O)(O)O[C@H](CC(=O)O)C[N+](C)(C)C)C(=O)COc1ccc(Cl)cc1. The van der Waals surface area contributed by atoms with Crippen molar-refractivity contribution in [1.82, 2.24) is 4.90 Å². The van der Waals surface area contributed by atoms with Gasteiger partial charge < -0.3 is 24.1 Å². The number of likely N-dealkylation sites (N-methyl/N-ethyl adjacent to an activating group) is 2. The molecule has 1 unspecified atom stereocenters. The Kier molecular flexibility index (Phi) is 13.1. The molecule has 0 spiro atoms. The van der Waals surface area contributed by atoms with Gasteiger partial charge in [0.1, 0.15) is 18.4 Å². The molecule has 12 heteroatoms. The lowest BCUT2D eigenvalue weighted by molar-refractivity contribution is -0.873. The molecular formula is C22H37ClN2O8P+. The van der Waals surface area contributed by atoms with Crippen LogP contribution in [-0.2, 0) is 23.2 Å². The number of ether oxygens (including phenoxy) is 1. The zero-order valence-corrected chi connectivity index (χ0v) is 22.0. The van der Waals surface area contributed by atoms with Crippen molar-refractivity contribution in [2.75, 3.05) is 54.5 Å². The van der Waals surface area contributed by atoms with E-state index in [1.807, 2.05) is 21.1 Å². The fraction of sp³-hybridized carbons (Fsp3) is 0.636. The Morgan fingerprint density at radius 3 is 2.32 bits per heavy atom. The van der Waals surface area contributed by atoms with E-state index in [0.29, 0.717) is 28.2 Å². The normalized spacial score (nSPS) is 14.3. The van der Waals surface area contributed by atoms with E-state index in [1.54, 1.807) is 36.2 Å². The lowest BCUT2D eigenvalue weighted by atomic mass is 10.2. The van der Waals surface area contributed by atoms with Gasteiger partial charge in [0.2, 0.25) is 0 Å². The van der Waals surface area contributed by atoms with E-state index in [2.05, 4.69) is 0 Å². The van der Waals surface area contributed by atoms with Crippen LogP contribution >= 0.6 is 19.4 Å². The second kappa shape index (κ2) is 14.7. The van der Waals surface area contributed by atoms with Crippen LogP contribution in [0.3, 0.4) is 0 Å². The zero-order chi connectivity index (χ0) is 25.8. The van der Waals surface area contributed by atoms with E-state index in [1.165, 1.54) is 0 Å². The zero-order valence-electron chi connectivity index (χ0n) is 20.3. The summed E-state index contributed by atoms with van der Waals surface area (Å²) < 4.78 is 28.1. The number of phosphoric acid groups is 1. The van der Waals surface area contributed by atoms with Crippen molar-refractivity contribution < 1.29 is 42.4 Å². The molecule has 0 aromatic heterocycles. The molecule has 0 fully saturated rings. The summed E-state index contributed by atoms with van der Waals surface area (Å²) in [5.74, 6) is -0.678. The molecule has 1 rings (SSSR count). The Bertz CT molecular complexity index is 816. The first kappa shape index (κ1) is 30.4. The Hall–Kier alpha value is -1.68. The van der Waals surface area contributed by atoms with E-state index in [4.69, 9.17) is 30.5 Å². The van der Waals surface area contributed by atoms with E-state index < -0.39 is 19.9 Å². The minimum atomic E-state index is -4.36. The Morgan fingerprint density at radius 2 is 1.74 bits per heavy atom. The van der Waals surface area contributed by atoms with E-state index in [-0.39, 0.29) is 32.1 Å². The number of hydrogen-bond acceptors (Lipinski definition) is 6. The number of aliphatic carboxylic acids is 1. The highest BCUT2D eigenvalue weighted by atomic mass is 35.5. The van der Waals surface area contributed by atoms with Crippen molar-refractivity contribution >= 4 is 31.3 Å². The average molecular weight is 524 g/mol. The maximum atomic E-state index is 12.2. The number of quaternary nitrogens is 1. The van der Waals surface area contributed by atoms with Crippen molar-refractivity contribution in [3.63, 3.8) is 0 Å². The van der Waals surface area contributed by atoms with Gasteiger partial charge in [-0.25, -0.2) is 4.57 Å². The minimum Gasteiger partial charge on any atom is -0.484 e. The summed E-state index contributed by atoms with van der Waals surface area (Å²) in [6, 6.07) is 6.78. The van der Waals surface area contributed by atoms with Crippen molar-refractivity contribution in [3.05, 3.63) is 29.3 Å². The molecule has 0 heterocycles. The number of carbonyl (C=O) groups is 2. The van der Waals surface area contributed by atoms with Gasteiger partial charge in [-0.05, 0) is 37.1 Å². The fourth-order valence-electron chi connectivity index (χ4n) is 3.05. The Balaban J connectivity index is 2.22. The molecule has 0 saturated heterocycles. The average Bonchev–Trinajstić information content (AvgIpc) is 2.70. The van der Waals surface area contributed by atoms with Gasteiger partial charge in [-0.15, -0.1) is 0 Å². The molecule has 0 aliphatic rings. The standard InChI is InChI=1S/C22H36ClN2O8P/c1-24(21(26)17-31-19-11-9-18(23)10-12-19)13-7-5-6-8-14-32-34(29,30)33-20(15-22(27)28)16-25(2,3)4/h9-12,20H,5-8,13-17H2,1-4H3,(H-,27,28,29,30)/p+1/t20-/m1/s1. The number of carboxylic acids is 1. The number of rotatable bonds is 17. The maximum Gasteiger partial charge on any atom is 0.472 e. The minimum absolute atomic E-state index is 0.0155. The summed E-state index contributed by atoms with van der Waals surface area (Å²) in [7, 11) is 2.85. The third-order valence-corrected chi connectivity index (χ3v) is 6.01. The summed E-state index contributed by atoms with van der Waals surface area (Å²) in [6.45, 7) is 0.765. The molecule has 34 heavy (non-hydrogen) atoms. The molecule has 0 radical (unpaired) electrons. The van der Waals surface area contributed by atoms with E-state index in [9.17, 15) is 19.0 Å². The van der Waals surface area contributed by atoms with Crippen molar-refractivity contribution in [2.24, 2.45) is 0 Å². The number of unbranched alkanes of at least 4 members (excludes halogenated alkanes) is 3. The lowest BCUT2D eigenvalue weighted by Crippen LogP contribution is -2.42. The highest BCUT2D eigenvalue weighted by Crippen LogP contribution is 2.45. The van der Waals surface area contributed by atoms with Crippen LogP contribution < -0.4 is 4.74 Å². The van der Waals surface area contributed by atoms with Crippen LogP contribution in [0.1, 0.15) is 32.1 Å². The molecular weight excluding hydrogens is 487 g/mol. The van der Waals surface area contributed by atoms with Crippen LogP contribution in [0.15, 0.2) is 24.3 Å². The molecule has 1 aromatic rings. The molecule has 0 aliphatic heterocycles. The topological polar surface area (TPSA) is 123 Å². The van der Waals surface area contributed by atoms with E-state index >= 15 is 0 Å². The van der Waals surface area contributed by atoms with Gasteiger partial charge >= 0.3 is 13.8 Å². The number of nitrogens with zero attached hydrogens (tertiary/aromatic N) is 2. The highest BCUT2D eigenvalue weighted by Gasteiger charge is 2.31. The number of benzene rings is 1. The second-order valence-electron chi connectivity index (χ2n) is 9.07. The number of amides is 1. The lowest BCUT2D eigenvalue weighted by Gasteiger charge is -2.29. The van der Waals surface area contributed by atoms with Crippen LogP contribution in [0, 0.1) is 0 Å². The first-order chi connectivity index (χ1) is 15.8. The molecule has 10 nitrogen and oxygen atoms in total. The number of carboxylic acid groups (broad SMARTS) is 1. The summed E-state index contributed by atoms with van der Waals surface area (Å²) in [5, 5.41) is 9.60. The van der Waals surface area contributed by atoms with Gasteiger partial charge in [-0.3, -0.25) is 18.6 Å². The predicted molar refractivity (Wildman–Crippen MR) is 129 cm³/mol. The van der Waals surface area contributed by atoms with Gasteiger partial charge in [0.15, 0.2) is 6.61 Å². The molecule has 1 amide bonds. The predicted octanol–water partition coefficient (Wildman–Crippen LogP) is 3.42. The summed E-state index contributed by atoms with van der Waals surface area (Å²) in [5.41, 5.74) is 0. The summed E-state index contributed by atoms with van der Waals surface area (Å²) in [6.07, 6.45) is 1.51. The van der Waals surface area contributed by atoms with Gasteiger partial charge in [0.05, 0.1) is 34.2 Å². The third-order valence-electron chi connectivity index (χ3n) is 4.68. The largest absolute Gasteiger partial charge is 0.484 e.